The van der Waals surface area contributed by atoms with Crippen LogP contribution in [0.15, 0.2) is 24.4 Å². The van der Waals surface area contributed by atoms with E-state index in [0.717, 1.165) is 5.69 Å². The molecule has 0 spiro atoms. The highest BCUT2D eigenvalue weighted by molar-refractivity contribution is 5.79. The summed E-state index contributed by atoms with van der Waals surface area (Å²) in [5.41, 5.74) is 0.747. The molecule has 0 saturated carbocycles. The molecule has 1 aromatic heterocycles. The zero-order chi connectivity index (χ0) is 13.1. The molecule has 0 bridgehead atoms. The highest BCUT2D eigenvalue weighted by Crippen LogP contribution is 2.24. The van der Waals surface area contributed by atoms with Crippen molar-refractivity contribution < 1.29 is 14.7 Å². The van der Waals surface area contributed by atoms with E-state index >= 15 is 0 Å². The van der Waals surface area contributed by atoms with Gasteiger partial charge in [-0.25, -0.2) is 0 Å². The molecule has 1 aliphatic rings. The van der Waals surface area contributed by atoms with Crippen molar-refractivity contribution in [3.8, 4) is 0 Å². The van der Waals surface area contributed by atoms with E-state index in [2.05, 4.69) is 4.98 Å². The first-order valence-corrected chi connectivity index (χ1v) is 5.98. The Morgan fingerprint density at radius 3 is 2.78 bits per heavy atom. The number of carboxylic acids is 1. The van der Waals surface area contributed by atoms with Crippen LogP contribution in [-0.4, -0.2) is 40.0 Å². The molecular formula is C13H16N2O3. The lowest BCUT2D eigenvalue weighted by Crippen LogP contribution is -2.53. The molecule has 1 unspecified atom stereocenters. The number of pyridine rings is 1. The van der Waals surface area contributed by atoms with Crippen molar-refractivity contribution in [3.63, 3.8) is 0 Å². The molecule has 1 aliphatic heterocycles. The number of nitrogens with zero attached hydrogens (tertiary/aromatic N) is 2. The van der Waals surface area contributed by atoms with Crippen LogP contribution in [-0.2, 0) is 16.0 Å². The third kappa shape index (κ3) is 2.67. The van der Waals surface area contributed by atoms with Crippen molar-refractivity contribution in [3.05, 3.63) is 30.1 Å². The fourth-order valence-corrected chi connectivity index (χ4v) is 2.00. The lowest BCUT2D eigenvalue weighted by Gasteiger charge is -2.41. The van der Waals surface area contributed by atoms with Crippen LogP contribution in [0.4, 0.5) is 0 Å². The number of carbonyl (C=O) groups is 2. The van der Waals surface area contributed by atoms with Crippen molar-refractivity contribution in [2.45, 2.75) is 13.3 Å². The number of rotatable bonds is 4. The van der Waals surface area contributed by atoms with E-state index in [4.69, 9.17) is 5.11 Å². The largest absolute Gasteiger partial charge is 0.481 e. The minimum absolute atomic E-state index is 0.0162. The van der Waals surface area contributed by atoms with Gasteiger partial charge in [-0.3, -0.25) is 14.6 Å². The predicted octanol–water partition coefficient (Wildman–Crippen LogP) is 0.803. The minimum atomic E-state index is -0.795. The first-order valence-electron chi connectivity index (χ1n) is 5.98. The molecule has 1 N–H and O–H groups in total. The molecule has 2 rings (SSSR count). The summed E-state index contributed by atoms with van der Waals surface area (Å²) in [5, 5.41) is 8.86. The maximum Gasteiger partial charge on any atom is 0.306 e. The van der Waals surface area contributed by atoms with Gasteiger partial charge in [-0.05, 0) is 12.1 Å². The second kappa shape index (κ2) is 5.16. The van der Waals surface area contributed by atoms with Crippen molar-refractivity contribution in [2.75, 3.05) is 13.1 Å². The molecule has 1 atom stereocenters. The zero-order valence-corrected chi connectivity index (χ0v) is 10.2. The smallest absolute Gasteiger partial charge is 0.306 e. The SMILES string of the molecule is CC(C(=O)O)C1CN(C(=O)Cc2ccccn2)C1. The lowest BCUT2D eigenvalue weighted by atomic mass is 9.87. The van der Waals surface area contributed by atoms with Crippen LogP contribution in [0.3, 0.4) is 0 Å². The summed E-state index contributed by atoms with van der Waals surface area (Å²) in [4.78, 5) is 28.5. The Morgan fingerprint density at radius 2 is 2.22 bits per heavy atom. The van der Waals surface area contributed by atoms with Gasteiger partial charge in [-0.15, -0.1) is 0 Å². The maximum atomic E-state index is 11.9. The molecule has 5 nitrogen and oxygen atoms in total. The summed E-state index contributed by atoms with van der Waals surface area (Å²) < 4.78 is 0. The molecule has 0 radical (unpaired) electrons. The molecule has 96 valence electrons. The number of aliphatic carboxylic acids is 1. The van der Waals surface area contributed by atoms with Gasteiger partial charge in [-0.1, -0.05) is 13.0 Å². The van der Waals surface area contributed by atoms with Gasteiger partial charge in [0.2, 0.25) is 5.91 Å². The molecule has 0 aliphatic carbocycles. The van der Waals surface area contributed by atoms with Crippen molar-refractivity contribution >= 4 is 11.9 Å². The van der Waals surface area contributed by atoms with Gasteiger partial charge in [-0.2, -0.15) is 0 Å². The summed E-state index contributed by atoms with van der Waals surface area (Å²) in [6.45, 7) is 2.77. The van der Waals surface area contributed by atoms with Gasteiger partial charge in [0.25, 0.3) is 0 Å². The molecule has 2 heterocycles. The van der Waals surface area contributed by atoms with Crippen LogP contribution in [0, 0.1) is 11.8 Å². The van der Waals surface area contributed by atoms with Gasteiger partial charge in [0, 0.05) is 30.9 Å². The highest BCUT2D eigenvalue weighted by Gasteiger charge is 2.36. The Hall–Kier alpha value is -1.91. The van der Waals surface area contributed by atoms with Gasteiger partial charge in [0.1, 0.15) is 0 Å². The van der Waals surface area contributed by atoms with Crippen molar-refractivity contribution in [1.29, 1.82) is 0 Å². The second-order valence-electron chi connectivity index (χ2n) is 4.68. The highest BCUT2D eigenvalue weighted by atomic mass is 16.4. The van der Waals surface area contributed by atoms with Crippen LogP contribution in [0.2, 0.25) is 0 Å². The number of likely N-dealkylation sites (tertiary alicyclic amines) is 1. The fourth-order valence-electron chi connectivity index (χ4n) is 2.00. The molecule has 1 amide bonds. The van der Waals surface area contributed by atoms with Crippen LogP contribution >= 0.6 is 0 Å². The standard InChI is InChI=1S/C13H16N2O3/c1-9(13(17)18)10-7-15(8-10)12(16)6-11-4-2-3-5-14-11/h2-5,9-10H,6-8H2,1H3,(H,17,18). The topological polar surface area (TPSA) is 70.5 Å². The van der Waals surface area contributed by atoms with E-state index in [1.807, 2.05) is 18.2 Å². The Kier molecular flexibility index (Phi) is 3.60. The number of amides is 1. The Balaban J connectivity index is 1.82. The van der Waals surface area contributed by atoms with Crippen molar-refractivity contribution in [1.82, 2.24) is 9.88 Å². The molecule has 1 aromatic rings. The van der Waals surface area contributed by atoms with E-state index < -0.39 is 5.97 Å². The van der Waals surface area contributed by atoms with E-state index in [9.17, 15) is 9.59 Å². The summed E-state index contributed by atoms with van der Waals surface area (Å²) in [7, 11) is 0. The van der Waals surface area contributed by atoms with Crippen LogP contribution < -0.4 is 0 Å². The maximum absolute atomic E-state index is 11.9. The number of hydrogen-bond acceptors (Lipinski definition) is 3. The number of aromatic nitrogens is 1. The van der Waals surface area contributed by atoms with Gasteiger partial charge < -0.3 is 10.0 Å². The summed E-state index contributed by atoms with van der Waals surface area (Å²) in [6.07, 6.45) is 1.95. The van der Waals surface area contributed by atoms with E-state index in [0.29, 0.717) is 13.1 Å². The average molecular weight is 248 g/mol. The van der Waals surface area contributed by atoms with Crippen LogP contribution in [0.5, 0.6) is 0 Å². The van der Waals surface area contributed by atoms with Crippen LogP contribution in [0.25, 0.3) is 0 Å². The first-order chi connectivity index (χ1) is 8.58. The van der Waals surface area contributed by atoms with Crippen molar-refractivity contribution in [2.24, 2.45) is 11.8 Å². The third-order valence-electron chi connectivity index (χ3n) is 3.42. The molecule has 1 fully saturated rings. The Bertz CT molecular complexity index is 441. The quantitative estimate of drug-likeness (QED) is 0.855. The van der Waals surface area contributed by atoms with E-state index in [1.54, 1.807) is 18.0 Å². The summed E-state index contributed by atoms with van der Waals surface area (Å²) in [5.74, 6) is -1.08. The van der Waals surface area contributed by atoms with E-state index in [-0.39, 0.29) is 24.2 Å². The Morgan fingerprint density at radius 1 is 1.50 bits per heavy atom. The summed E-state index contributed by atoms with van der Waals surface area (Å²) in [6, 6.07) is 5.47. The first kappa shape index (κ1) is 12.5. The minimum Gasteiger partial charge on any atom is -0.481 e. The van der Waals surface area contributed by atoms with Gasteiger partial charge in [0.05, 0.1) is 12.3 Å². The monoisotopic (exact) mass is 248 g/mol. The van der Waals surface area contributed by atoms with Gasteiger partial charge >= 0.3 is 5.97 Å². The molecule has 5 heteroatoms. The lowest BCUT2D eigenvalue weighted by molar-refractivity contribution is -0.150. The van der Waals surface area contributed by atoms with E-state index in [1.165, 1.54) is 0 Å². The number of carboxylic acid groups (broad SMARTS) is 1. The molecule has 1 saturated heterocycles. The zero-order valence-electron chi connectivity index (χ0n) is 10.2. The van der Waals surface area contributed by atoms with Crippen LogP contribution in [0.1, 0.15) is 12.6 Å². The average Bonchev–Trinajstić information content (AvgIpc) is 2.28. The number of carbonyl (C=O) groups excluding carboxylic acids is 1. The molecule has 0 aromatic carbocycles. The molecule has 18 heavy (non-hydrogen) atoms. The predicted molar refractivity (Wildman–Crippen MR) is 64.8 cm³/mol. The fraction of sp³-hybridized carbons (Fsp3) is 0.462. The number of hydrogen-bond donors (Lipinski definition) is 1. The third-order valence-corrected chi connectivity index (χ3v) is 3.42. The Labute approximate surface area is 105 Å². The summed E-state index contributed by atoms with van der Waals surface area (Å²) >= 11 is 0. The molecular weight excluding hydrogens is 232 g/mol. The second-order valence-corrected chi connectivity index (χ2v) is 4.68. The van der Waals surface area contributed by atoms with Gasteiger partial charge in [0.15, 0.2) is 0 Å². The normalized spacial score (nSPS) is 17.1.